The van der Waals surface area contributed by atoms with Gasteiger partial charge in [-0.1, -0.05) is 12.1 Å². The van der Waals surface area contributed by atoms with Crippen LogP contribution in [0.5, 0.6) is 0 Å². The van der Waals surface area contributed by atoms with Crippen LogP contribution < -0.4 is 10.2 Å². The number of nitrogens with one attached hydrogen (secondary N) is 1. The van der Waals surface area contributed by atoms with Crippen LogP contribution in [0.1, 0.15) is 23.2 Å². The molecule has 1 aromatic carbocycles. The van der Waals surface area contributed by atoms with Crippen LogP contribution in [0.3, 0.4) is 0 Å². The molecule has 2 aromatic rings. The van der Waals surface area contributed by atoms with Crippen molar-refractivity contribution in [2.75, 3.05) is 30.8 Å². The molecule has 0 atom stereocenters. The van der Waals surface area contributed by atoms with Gasteiger partial charge in [0.25, 0.3) is 5.91 Å². The Kier molecular flexibility index (Phi) is 5.69. The third-order valence-corrected chi connectivity index (χ3v) is 5.15. The van der Waals surface area contributed by atoms with Gasteiger partial charge < -0.3 is 10.2 Å². The van der Waals surface area contributed by atoms with Crippen molar-refractivity contribution in [3.8, 4) is 0 Å². The molecule has 126 valence electrons. The Labute approximate surface area is 146 Å². The minimum Gasteiger partial charge on any atom is -0.352 e. The zero-order valence-electron chi connectivity index (χ0n) is 13.8. The van der Waals surface area contributed by atoms with Gasteiger partial charge in [0.05, 0.1) is 5.56 Å². The van der Waals surface area contributed by atoms with Crippen molar-refractivity contribution >= 4 is 23.6 Å². The van der Waals surface area contributed by atoms with E-state index < -0.39 is 0 Å². The van der Waals surface area contributed by atoms with Gasteiger partial charge in [0.15, 0.2) is 0 Å². The molecule has 1 aliphatic heterocycles. The number of hydrogen-bond acceptors (Lipinski definition) is 5. The molecule has 0 aliphatic carbocycles. The van der Waals surface area contributed by atoms with E-state index >= 15 is 0 Å². The van der Waals surface area contributed by atoms with Gasteiger partial charge in [0.1, 0.15) is 0 Å². The Balaban J connectivity index is 1.49. The van der Waals surface area contributed by atoms with E-state index in [0.29, 0.717) is 5.92 Å². The monoisotopic (exact) mass is 342 g/mol. The third-order valence-electron chi connectivity index (χ3n) is 4.35. The first-order valence-corrected chi connectivity index (χ1v) is 9.43. The maximum absolute atomic E-state index is 12.4. The van der Waals surface area contributed by atoms with E-state index in [1.807, 2.05) is 36.6 Å². The van der Waals surface area contributed by atoms with E-state index in [4.69, 9.17) is 0 Å². The van der Waals surface area contributed by atoms with E-state index in [-0.39, 0.29) is 5.91 Å². The molecular formula is C18H22N4OS. The van der Waals surface area contributed by atoms with Gasteiger partial charge >= 0.3 is 0 Å². The Morgan fingerprint density at radius 2 is 1.92 bits per heavy atom. The fourth-order valence-corrected chi connectivity index (χ4v) is 3.55. The van der Waals surface area contributed by atoms with Crippen molar-refractivity contribution in [2.24, 2.45) is 5.92 Å². The topological polar surface area (TPSA) is 58.1 Å². The highest BCUT2D eigenvalue weighted by Gasteiger charge is 2.21. The van der Waals surface area contributed by atoms with Gasteiger partial charge in [-0.2, -0.15) is 0 Å². The largest absolute Gasteiger partial charge is 0.352 e. The van der Waals surface area contributed by atoms with Crippen LogP contribution in [0.2, 0.25) is 0 Å². The normalized spacial score (nSPS) is 15.3. The molecule has 0 radical (unpaired) electrons. The van der Waals surface area contributed by atoms with Crippen molar-refractivity contribution in [3.63, 3.8) is 0 Å². The molecular weight excluding hydrogens is 320 g/mol. The highest BCUT2D eigenvalue weighted by atomic mass is 32.2. The number of anilines is 1. The van der Waals surface area contributed by atoms with Crippen LogP contribution >= 0.6 is 11.8 Å². The highest BCUT2D eigenvalue weighted by Crippen LogP contribution is 2.21. The number of rotatable bonds is 5. The first-order chi connectivity index (χ1) is 11.8. The van der Waals surface area contributed by atoms with Crippen molar-refractivity contribution < 1.29 is 4.79 Å². The second-order valence-electron chi connectivity index (χ2n) is 5.89. The molecule has 24 heavy (non-hydrogen) atoms. The fraction of sp³-hybridized carbons (Fsp3) is 0.389. The molecule has 1 N–H and O–H groups in total. The predicted octanol–water partition coefficient (Wildman–Crippen LogP) is 2.84. The molecule has 0 unspecified atom stereocenters. The zero-order valence-corrected chi connectivity index (χ0v) is 14.6. The summed E-state index contributed by atoms with van der Waals surface area (Å²) in [6.45, 7) is 2.60. The smallest absolute Gasteiger partial charge is 0.252 e. The second kappa shape index (κ2) is 8.15. The van der Waals surface area contributed by atoms with Crippen LogP contribution in [0, 0.1) is 5.92 Å². The first-order valence-electron chi connectivity index (χ1n) is 8.21. The lowest BCUT2D eigenvalue weighted by Gasteiger charge is -2.32. The van der Waals surface area contributed by atoms with E-state index in [1.165, 1.54) is 0 Å². The van der Waals surface area contributed by atoms with Crippen LogP contribution in [-0.4, -0.2) is 41.8 Å². The molecule has 1 saturated heterocycles. The van der Waals surface area contributed by atoms with Gasteiger partial charge in [-0.05, 0) is 43.2 Å². The summed E-state index contributed by atoms with van der Waals surface area (Å²) in [5.74, 6) is 1.33. The van der Waals surface area contributed by atoms with Gasteiger partial charge in [0, 0.05) is 36.9 Å². The lowest BCUT2D eigenvalue weighted by molar-refractivity contribution is 0.0942. The van der Waals surface area contributed by atoms with Crippen LogP contribution in [-0.2, 0) is 0 Å². The average molecular weight is 342 g/mol. The maximum atomic E-state index is 12.4. The number of benzene rings is 1. The summed E-state index contributed by atoms with van der Waals surface area (Å²) in [5, 5.41) is 3.10. The molecule has 1 amide bonds. The summed E-state index contributed by atoms with van der Waals surface area (Å²) in [4.78, 5) is 24.2. The Morgan fingerprint density at radius 1 is 1.21 bits per heavy atom. The highest BCUT2D eigenvalue weighted by molar-refractivity contribution is 7.98. The molecule has 6 heteroatoms. The molecule has 2 heterocycles. The number of hydrogen-bond donors (Lipinski definition) is 1. The molecule has 0 saturated carbocycles. The third kappa shape index (κ3) is 4.06. The number of carbonyl (C=O) groups is 1. The minimum atomic E-state index is 0.0220. The standard InChI is InChI=1S/C18H22N4OS/c1-24-16-6-3-2-5-15(16)17(23)21-13-14-7-11-22(12-8-14)18-19-9-4-10-20-18/h2-6,9-10,14H,7-8,11-13H2,1H3,(H,21,23). The van der Waals surface area contributed by atoms with Gasteiger partial charge in [-0.3, -0.25) is 4.79 Å². The SMILES string of the molecule is CSc1ccccc1C(=O)NCC1CCN(c2ncccn2)CC1. The van der Waals surface area contributed by atoms with Crippen LogP contribution in [0.25, 0.3) is 0 Å². The number of amides is 1. The predicted molar refractivity (Wildman–Crippen MR) is 97.5 cm³/mol. The molecule has 3 rings (SSSR count). The molecule has 5 nitrogen and oxygen atoms in total. The summed E-state index contributed by atoms with van der Waals surface area (Å²) in [6.07, 6.45) is 7.63. The lowest BCUT2D eigenvalue weighted by Crippen LogP contribution is -2.39. The number of nitrogens with zero attached hydrogens (tertiary/aromatic N) is 3. The quantitative estimate of drug-likeness (QED) is 0.847. The van der Waals surface area contributed by atoms with Crippen LogP contribution in [0.4, 0.5) is 5.95 Å². The summed E-state index contributed by atoms with van der Waals surface area (Å²) < 4.78 is 0. The number of carbonyl (C=O) groups excluding carboxylic acids is 1. The van der Waals surface area contributed by atoms with Gasteiger partial charge in [-0.25, -0.2) is 9.97 Å². The van der Waals surface area contributed by atoms with Crippen molar-refractivity contribution in [1.29, 1.82) is 0 Å². The van der Waals surface area contributed by atoms with Crippen molar-refractivity contribution in [1.82, 2.24) is 15.3 Å². The average Bonchev–Trinajstić information content (AvgIpc) is 2.67. The minimum absolute atomic E-state index is 0.0220. The lowest BCUT2D eigenvalue weighted by atomic mass is 9.97. The fourth-order valence-electron chi connectivity index (χ4n) is 2.96. The molecule has 0 bridgehead atoms. The van der Waals surface area contributed by atoms with Crippen molar-refractivity contribution in [3.05, 3.63) is 48.3 Å². The number of thioether (sulfide) groups is 1. The van der Waals surface area contributed by atoms with Gasteiger partial charge in [-0.15, -0.1) is 11.8 Å². The number of piperidine rings is 1. The van der Waals surface area contributed by atoms with Crippen molar-refractivity contribution in [2.45, 2.75) is 17.7 Å². The molecule has 1 fully saturated rings. The maximum Gasteiger partial charge on any atom is 0.252 e. The summed E-state index contributed by atoms with van der Waals surface area (Å²) >= 11 is 1.60. The van der Waals surface area contributed by atoms with E-state index in [9.17, 15) is 4.79 Å². The van der Waals surface area contributed by atoms with E-state index in [1.54, 1.807) is 24.2 Å². The molecule has 1 aromatic heterocycles. The summed E-state index contributed by atoms with van der Waals surface area (Å²) in [7, 11) is 0. The number of aromatic nitrogens is 2. The first kappa shape index (κ1) is 16.8. The molecule has 1 aliphatic rings. The Morgan fingerprint density at radius 3 is 2.62 bits per heavy atom. The Hall–Kier alpha value is -2.08. The van der Waals surface area contributed by atoms with E-state index in [0.717, 1.165) is 48.9 Å². The van der Waals surface area contributed by atoms with E-state index in [2.05, 4.69) is 20.2 Å². The summed E-state index contributed by atoms with van der Waals surface area (Å²) in [6, 6.07) is 9.57. The Bertz CT molecular complexity index is 672. The summed E-state index contributed by atoms with van der Waals surface area (Å²) in [5.41, 5.74) is 0.764. The van der Waals surface area contributed by atoms with Crippen LogP contribution in [0.15, 0.2) is 47.6 Å². The van der Waals surface area contributed by atoms with Gasteiger partial charge in [0.2, 0.25) is 5.95 Å². The molecule has 0 spiro atoms. The second-order valence-corrected chi connectivity index (χ2v) is 6.74. The zero-order chi connectivity index (χ0) is 16.8.